The Kier molecular flexibility index (Phi) is 5.12. The van der Waals surface area contributed by atoms with Gasteiger partial charge in [-0.2, -0.15) is 13.2 Å². The average Bonchev–Trinajstić information content (AvgIpc) is 2.65. The van der Waals surface area contributed by atoms with Crippen LogP contribution in [0.2, 0.25) is 0 Å². The highest BCUT2D eigenvalue weighted by molar-refractivity contribution is 6.10. The van der Waals surface area contributed by atoms with Gasteiger partial charge < -0.3 is 10.6 Å². The minimum atomic E-state index is -4.51. The molecule has 27 heavy (non-hydrogen) atoms. The topological polar surface area (TPSA) is 58.2 Å². The Morgan fingerprint density at radius 2 is 1.48 bits per heavy atom. The van der Waals surface area contributed by atoms with Crippen LogP contribution in [-0.4, -0.2) is 24.5 Å². The first-order chi connectivity index (χ1) is 12.8. The number of halogens is 3. The van der Waals surface area contributed by atoms with Crippen LogP contribution in [0.5, 0.6) is 0 Å². The number of fused-ring (bicyclic) bond motifs is 1. The van der Waals surface area contributed by atoms with Crippen molar-refractivity contribution < 1.29 is 22.8 Å². The highest BCUT2D eigenvalue weighted by atomic mass is 19.4. The zero-order valence-electron chi connectivity index (χ0n) is 14.0. The van der Waals surface area contributed by atoms with Crippen molar-refractivity contribution in [2.24, 2.45) is 0 Å². The van der Waals surface area contributed by atoms with Crippen LogP contribution in [0.3, 0.4) is 0 Å². The number of carbonyl (C=O) groups is 2. The molecule has 2 amide bonds. The summed E-state index contributed by atoms with van der Waals surface area (Å²) in [5, 5.41) is 6.24. The van der Waals surface area contributed by atoms with Crippen LogP contribution in [0.4, 0.5) is 18.9 Å². The normalized spacial score (nSPS) is 11.2. The van der Waals surface area contributed by atoms with Crippen molar-refractivity contribution in [2.45, 2.75) is 6.18 Å². The summed E-state index contributed by atoms with van der Waals surface area (Å²) in [6, 6.07) is 18.6. The van der Waals surface area contributed by atoms with Gasteiger partial charge in [0.2, 0.25) is 0 Å². The lowest BCUT2D eigenvalue weighted by Crippen LogP contribution is -2.34. The Bertz CT molecular complexity index is 1000. The minimum absolute atomic E-state index is 0.0455. The summed E-state index contributed by atoms with van der Waals surface area (Å²) in [7, 11) is 0. The number of hydrogen-bond donors (Lipinski definition) is 2. The Morgan fingerprint density at radius 1 is 0.815 bits per heavy atom. The first kappa shape index (κ1) is 18.4. The van der Waals surface area contributed by atoms with E-state index in [9.17, 15) is 22.8 Å². The molecular weight excluding hydrogens is 357 g/mol. The molecule has 2 N–H and O–H groups in total. The van der Waals surface area contributed by atoms with E-state index in [1.165, 1.54) is 18.2 Å². The summed E-state index contributed by atoms with van der Waals surface area (Å²) in [5.41, 5.74) is 0.463. The fourth-order valence-corrected chi connectivity index (χ4v) is 2.59. The minimum Gasteiger partial charge on any atom is -0.343 e. The van der Waals surface area contributed by atoms with Crippen molar-refractivity contribution in [3.8, 4) is 0 Å². The summed E-state index contributed by atoms with van der Waals surface area (Å²) >= 11 is 0. The van der Waals surface area contributed by atoms with Crippen LogP contribution in [0.25, 0.3) is 10.8 Å². The van der Waals surface area contributed by atoms with Crippen molar-refractivity contribution in [3.05, 3.63) is 77.9 Å². The molecule has 0 radical (unpaired) electrons. The molecule has 0 heterocycles. The SMILES string of the molecule is O=C(Nc1ccccc1C(=O)NCC(F)(F)F)c1ccc2ccccc2c1. The van der Waals surface area contributed by atoms with Crippen molar-refractivity contribution >= 4 is 28.3 Å². The molecule has 0 aromatic heterocycles. The lowest BCUT2D eigenvalue weighted by molar-refractivity contribution is -0.123. The molecule has 0 bridgehead atoms. The molecule has 4 nitrogen and oxygen atoms in total. The van der Waals surface area contributed by atoms with Gasteiger partial charge in [-0.25, -0.2) is 0 Å². The van der Waals surface area contributed by atoms with Gasteiger partial charge in [-0.1, -0.05) is 42.5 Å². The monoisotopic (exact) mass is 372 g/mol. The molecule has 0 aliphatic carbocycles. The van der Waals surface area contributed by atoms with Gasteiger partial charge in [0.15, 0.2) is 0 Å². The predicted molar refractivity (Wildman–Crippen MR) is 96.7 cm³/mol. The number of hydrogen-bond acceptors (Lipinski definition) is 2. The molecule has 0 aliphatic heterocycles. The van der Waals surface area contributed by atoms with Gasteiger partial charge in [-0.05, 0) is 35.0 Å². The fourth-order valence-electron chi connectivity index (χ4n) is 2.59. The number of para-hydroxylation sites is 1. The quantitative estimate of drug-likeness (QED) is 0.714. The largest absolute Gasteiger partial charge is 0.405 e. The molecule has 3 rings (SSSR count). The predicted octanol–water partition coefficient (Wildman–Crippen LogP) is 4.38. The zero-order valence-corrected chi connectivity index (χ0v) is 14.0. The smallest absolute Gasteiger partial charge is 0.343 e. The van der Waals surface area contributed by atoms with E-state index in [2.05, 4.69) is 5.32 Å². The second-order valence-corrected chi connectivity index (χ2v) is 5.86. The van der Waals surface area contributed by atoms with E-state index in [0.717, 1.165) is 10.8 Å². The summed E-state index contributed by atoms with van der Waals surface area (Å²) in [4.78, 5) is 24.6. The highest BCUT2D eigenvalue weighted by Gasteiger charge is 2.28. The van der Waals surface area contributed by atoms with Crippen molar-refractivity contribution in [2.75, 3.05) is 11.9 Å². The molecule has 0 atom stereocenters. The van der Waals surface area contributed by atoms with Gasteiger partial charge >= 0.3 is 6.18 Å². The molecule has 0 fully saturated rings. The molecule has 0 unspecified atom stereocenters. The zero-order chi connectivity index (χ0) is 19.4. The first-order valence-electron chi connectivity index (χ1n) is 8.08. The van der Waals surface area contributed by atoms with Crippen molar-refractivity contribution in [1.82, 2.24) is 5.32 Å². The molecule has 3 aromatic carbocycles. The molecule has 0 saturated carbocycles. The molecule has 138 valence electrons. The third-order valence-corrected chi connectivity index (χ3v) is 3.88. The van der Waals surface area contributed by atoms with Gasteiger partial charge in [0.25, 0.3) is 11.8 Å². The third-order valence-electron chi connectivity index (χ3n) is 3.88. The second-order valence-electron chi connectivity index (χ2n) is 5.86. The lowest BCUT2D eigenvalue weighted by Gasteiger charge is -2.13. The van der Waals surface area contributed by atoms with E-state index in [4.69, 9.17) is 0 Å². The number of nitrogens with one attached hydrogen (secondary N) is 2. The van der Waals surface area contributed by atoms with Gasteiger partial charge in [0.05, 0.1) is 11.3 Å². The molecule has 0 spiro atoms. The number of amides is 2. The third kappa shape index (κ3) is 4.63. The van der Waals surface area contributed by atoms with E-state index >= 15 is 0 Å². The van der Waals surface area contributed by atoms with E-state index in [-0.39, 0.29) is 11.3 Å². The van der Waals surface area contributed by atoms with Gasteiger partial charge in [0.1, 0.15) is 6.54 Å². The van der Waals surface area contributed by atoms with Crippen LogP contribution in [0, 0.1) is 0 Å². The molecule has 0 saturated heterocycles. The summed E-state index contributed by atoms with van der Waals surface area (Å²) in [6.45, 7) is -1.45. The van der Waals surface area contributed by atoms with Gasteiger partial charge in [-0.3, -0.25) is 9.59 Å². The van der Waals surface area contributed by atoms with E-state index in [0.29, 0.717) is 5.56 Å². The van der Waals surface area contributed by atoms with Gasteiger partial charge in [0, 0.05) is 5.56 Å². The summed E-state index contributed by atoms with van der Waals surface area (Å²) < 4.78 is 36.9. The number of rotatable bonds is 4. The molecular formula is C20H15F3N2O2. The molecule has 3 aromatic rings. The fraction of sp³-hybridized carbons (Fsp3) is 0.100. The number of anilines is 1. The maximum Gasteiger partial charge on any atom is 0.405 e. The lowest BCUT2D eigenvalue weighted by atomic mass is 10.1. The van der Waals surface area contributed by atoms with E-state index in [1.807, 2.05) is 24.3 Å². The van der Waals surface area contributed by atoms with Crippen molar-refractivity contribution in [3.63, 3.8) is 0 Å². The Balaban J connectivity index is 1.80. The van der Waals surface area contributed by atoms with E-state index in [1.54, 1.807) is 29.6 Å². The second kappa shape index (κ2) is 7.49. The summed E-state index contributed by atoms with van der Waals surface area (Å²) in [5.74, 6) is -1.38. The number of carbonyl (C=O) groups excluding carboxylic acids is 2. The average molecular weight is 372 g/mol. The molecule has 7 heteroatoms. The van der Waals surface area contributed by atoms with Crippen molar-refractivity contribution in [1.29, 1.82) is 0 Å². The number of alkyl halides is 3. The Hall–Kier alpha value is -3.35. The van der Waals surface area contributed by atoms with E-state index < -0.39 is 24.5 Å². The van der Waals surface area contributed by atoms with Gasteiger partial charge in [-0.15, -0.1) is 0 Å². The Morgan fingerprint density at radius 3 is 2.22 bits per heavy atom. The standard InChI is InChI=1S/C20H15F3N2O2/c21-20(22,23)12-24-19(27)16-7-3-4-8-17(16)25-18(26)15-10-9-13-5-1-2-6-14(13)11-15/h1-11H,12H2,(H,24,27)(H,25,26). The van der Waals surface area contributed by atoms with Crippen LogP contribution in [0.1, 0.15) is 20.7 Å². The van der Waals surface area contributed by atoms with Crippen LogP contribution >= 0.6 is 0 Å². The molecule has 0 aliphatic rings. The maximum atomic E-state index is 12.5. The summed E-state index contributed by atoms with van der Waals surface area (Å²) in [6.07, 6.45) is -4.51. The Labute approximate surface area is 153 Å². The van der Waals surface area contributed by atoms with Crippen LogP contribution in [-0.2, 0) is 0 Å². The van der Waals surface area contributed by atoms with Crippen LogP contribution < -0.4 is 10.6 Å². The first-order valence-corrected chi connectivity index (χ1v) is 8.08. The van der Waals surface area contributed by atoms with Crippen LogP contribution in [0.15, 0.2) is 66.7 Å². The number of benzene rings is 3. The maximum absolute atomic E-state index is 12.5. The highest BCUT2D eigenvalue weighted by Crippen LogP contribution is 2.20.